The molecule has 1 unspecified atom stereocenters. The minimum absolute atomic E-state index is 0.0511. The second-order valence-electron chi connectivity index (χ2n) is 4.19. The van der Waals surface area contributed by atoms with Crippen LogP contribution in [0.15, 0.2) is 48.8 Å². The fourth-order valence-electron chi connectivity index (χ4n) is 1.91. The van der Waals surface area contributed by atoms with E-state index in [1.807, 2.05) is 30.3 Å². The van der Waals surface area contributed by atoms with Crippen molar-refractivity contribution in [2.75, 3.05) is 0 Å². The molecular formula is C14H13N3S. The Morgan fingerprint density at radius 2 is 1.89 bits per heavy atom. The van der Waals surface area contributed by atoms with E-state index in [4.69, 9.17) is 5.73 Å². The first-order chi connectivity index (χ1) is 8.83. The maximum absolute atomic E-state index is 6.22. The second-order valence-corrected chi connectivity index (χ2v) is 5.25. The molecule has 18 heavy (non-hydrogen) atoms. The van der Waals surface area contributed by atoms with Gasteiger partial charge in [0, 0.05) is 12.4 Å². The Morgan fingerprint density at radius 1 is 1.11 bits per heavy atom. The predicted molar refractivity (Wildman–Crippen MR) is 74.5 cm³/mol. The van der Waals surface area contributed by atoms with E-state index in [1.165, 1.54) is 10.3 Å². The molecule has 3 rings (SSSR count). The van der Waals surface area contributed by atoms with Gasteiger partial charge in [0.25, 0.3) is 0 Å². The molecule has 0 aliphatic carbocycles. The first kappa shape index (κ1) is 11.3. The Morgan fingerprint density at radius 3 is 2.67 bits per heavy atom. The molecule has 0 bridgehead atoms. The van der Waals surface area contributed by atoms with Crippen LogP contribution < -0.4 is 5.73 Å². The number of rotatable bonds is 3. The minimum atomic E-state index is -0.0511. The van der Waals surface area contributed by atoms with E-state index < -0.39 is 0 Å². The van der Waals surface area contributed by atoms with Gasteiger partial charge in [-0.05, 0) is 36.2 Å². The Bertz CT molecular complexity index is 615. The lowest BCUT2D eigenvalue weighted by Crippen LogP contribution is -2.12. The van der Waals surface area contributed by atoms with Crippen LogP contribution in [0.5, 0.6) is 0 Å². The Kier molecular flexibility index (Phi) is 3.04. The standard InChI is InChI=1S/C14H13N3S/c15-11(9-10-5-7-16-8-6-10)14-17-12-3-1-2-4-13(12)18-14/h1-8,11H,9,15H2. The summed E-state index contributed by atoms with van der Waals surface area (Å²) < 4.78 is 1.19. The number of benzene rings is 1. The van der Waals surface area contributed by atoms with Gasteiger partial charge in [-0.3, -0.25) is 4.98 Å². The van der Waals surface area contributed by atoms with Crippen LogP contribution in [0.4, 0.5) is 0 Å². The van der Waals surface area contributed by atoms with Gasteiger partial charge in [-0.25, -0.2) is 4.98 Å². The van der Waals surface area contributed by atoms with E-state index >= 15 is 0 Å². The summed E-state index contributed by atoms with van der Waals surface area (Å²) in [5.74, 6) is 0. The van der Waals surface area contributed by atoms with Gasteiger partial charge in [-0.15, -0.1) is 11.3 Å². The molecule has 90 valence electrons. The van der Waals surface area contributed by atoms with Crippen LogP contribution in [0.1, 0.15) is 16.6 Å². The fourth-order valence-corrected chi connectivity index (χ4v) is 2.88. The quantitative estimate of drug-likeness (QED) is 0.783. The van der Waals surface area contributed by atoms with E-state index in [2.05, 4.69) is 16.0 Å². The van der Waals surface area contributed by atoms with Gasteiger partial charge in [-0.2, -0.15) is 0 Å². The van der Waals surface area contributed by atoms with Crippen LogP contribution >= 0.6 is 11.3 Å². The average molecular weight is 255 g/mol. The van der Waals surface area contributed by atoms with Crippen molar-refractivity contribution in [3.05, 3.63) is 59.4 Å². The highest BCUT2D eigenvalue weighted by Gasteiger charge is 2.12. The van der Waals surface area contributed by atoms with Crippen LogP contribution in [-0.2, 0) is 6.42 Å². The summed E-state index contributed by atoms with van der Waals surface area (Å²) >= 11 is 1.67. The number of fused-ring (bicyclic) bond motifs is 1. The van der Waals surface area contributed by atoms with E-state index in [-0.39, 0.29) is 6.04 Å². The monoisotopic (exact) mass is 255 g/mol. The van der Waals surface area contributed by atoms with Crippen LogP contribution in [0.2, 0.25) is 0 Å². The van der Waals surface area contributed by atoms with Gasteiger partial charge in [0.05, 0.1) is 16.3 Å². The zero-order valence-electron chi connectivity index (χ0n) is 9.78. The molecule has 0 fully saturated rings. The zero-order valence-corrected chi connectivity index (χ0v) is 10.6. The number of nitrogens with zero attached hydrogens (tertiary/aromatic N) is 2. The first-order valence-electron chi connectivity index (χ1n) is 5.83. The summed E-state index contributed by atoms with van der Waals surface area (Å²) in [6, 6.07) is 12.1. The van der Waals surface area contributed by atoms with E-state index in [0.717, 1.165) is 16.9 Å². The second kappa shape index (κ2) is 4.84. The summed E-state index contributed by atoms with van der Waals surface area (Å²) in [7, 11) is 0. The molecular weight excluding hydrogens is 242 g/mol. The SMILES string of the molecule is NC(Cc1ccncc1)c1nc2ccccc2s1. The van der Waals surface area contributed by atoms with Crippen molar-refractivity contribution in [1.29, 1.82) is 0 Å². The lowest BCUT2D eigenvalue weighted by Gasteiger charge is -2.07. The van der Waals surface area contributed by atoms with E-state index in [0.29, 0.717) is 0 Å². The molecule has 1 aromatic carbocycles. The Balaban J connectivity index is 1.86. The molecule has 4 heteroatoms. The van der Waals surface area contributed by atoms with Gasteiger partial charge >= 0.3 is 0 Å². The zero-order chi connectivity index (χ0) is 12.4. The molecule has 0 saturated carbocycles. The van der Waals surface area contributed by atoms with Crippen molar-refractivity contribution >= 4 is 21.6 Å². The highest BCUT2D eigenvalue weighted by Crippen LogP contribution is 2.26. The van der Waals surface area contributed by atoms with Crippen molar-refractivity contribution in [3.8, 4) is 0 Å². The van der Waals surface area contributed by atoms with Crippen LogP contribution in [0.3, 0.4) is 0 Å². The van der Waals surface area contributed by atoms with Crippen molar-refractivity contribution in [1.82, 2.24) is 9.97 Å². The Labute approximate surface area is 109 Å². The smallest absolute Gasteiger partial charge is 0.111 e. The highest BCUT2D eigenvalue weighted by molar-refractivity contribution is 7.18. The van der Waals surface area contributed by atoms with Crippen LogP contribution in [0.25, 0.3) is 10.2 Å². The number of hydrogen-bond donors (Lipinski definition) is 1. The van der Waals surface area contributed by atoms with Crippen LogP contribution in [0, 0.1) is 0 Å². The normalized spacial score (nSPS) is 12.7. The summed E-state index contributed by atoms with van der Waals surface area (Å²) in [5, 5.41) is 0.994. The van der Waals surface area contributed by atoms with Crippen LogP contribution in [-0.4, -0.2) is 9.97 Å². The molecule has 0 spiro atoms. The summed E-state index contributed by atoms with van der Waals surface area (Å²) in [5.41, 5.74) is 8.44. The third-order valence-corrected chi connectivity index (χ3v) is 4.00. The molecule has 0 amide bonds. The maximum atomic E-state index is 6.22. The molecule has 0 aliphatic heterocycles. The predicted octanol–water partition coefficient (Wildman–Crippen LogP) is 2.93. The van der Waals surface area contributed by atoms with Crippen molar-refractivity contribution in [3.63, 3.8) is 0 Å². The number of nitrogens with two attached hydrogens (primary N) is 1. The van der Waals surface area contributed by atoms with Crippen molar-refractivity contribution in [2.45, 2.75) is 12.5 Å². The maximum Gasteiger partial charge on any atom is 0.111 e. The topological polar surface area (TPSA) is 51.8 Å². The minimum Gasteiger partial charge on any atom is -0.322 e. The number of hydrogen-bond acceptors (Lipinski definition) is 4. The first-order valence-corrected chi connectivity index (χ1v) is 6.64. The Hall–Kier alpha value is -1.78. The van der Waals surface area contributed by atoms with Gasteiger partial charge in [0.15, 0.2) is 0 Å². The third kappa shape index (κ3) is 2.25. The lowest BCUT2D eigenvalue weighted by atomic mass is 10.1. The molecule has 3 nitrogen and oxygen atoms in total. The van der Waals surface area contributed by atoms with Gasteiger partial charge in [-0.1, -0.05) is 12.1 Å². The lowest BCUT2D eigenvalue weighted by molar-refractivity contribution is 0.716. The summed E-state index contributed by atoms with van der Waals surface area (Å²) in [4.78, 5) is 8.59. The molecule has 3 aromatic rings. The molecule has 2 heterocycles. The molecule has 1 atom stereocenters. The number of aromatic nitrogens is 2. The van der Waals surface area contributed by atoms with Crippen molar-refractivity contribution < 1.29 is 0 Å². The molecule has 0 saturated heterocycles. The fraction of sp³-hybridized carbons (Fsp3) is 0.143. The van der Waals surface area contributed by atoms with E-state index in [1.54, 1.807) is 23.7 Å². The molecule has 2 N–H and O–H groups in total. The van der Waals surface area contributed by atoms with Gasteiger partial charge in [0.2, 0.25) is 0 Å². The number of thiazole rings is 1. The van der Waals surface area contributed by atoms with Crippen molar-refractivity contribution in [2.24, 2.45) is 5.73 Å². The van der Waals surface area contributed by atoms with E-state index in [9.17, 15) is 0 Å². The van der Waals surface area contributed by atoms with Gasteiger partial charge < -0.3 is 5.73 Å². The average Bonchev–Trinajstić information content (AvgIpc) is 2.84. The summed E-state index contributed by atoms with van der Waals surface area (Å²) in [6.07, 6.45) is 4.38. The number of pyridine rings is 1. The number of para-hydroxylation sites is 1. The molecule has 0 aliphatic rings. The van der Waals surface area contributed by atoms with Gasteiger partial charge in [0.1, 0.15) is 5.01 Å². The molecule has 0 radical (unpaired) electrons. The largest absolute Gasteiger partial charge is 0.322 e. The summed E-state index contributed by atoms with van der Waals surface area (Å²) in [6.45, 7) is 0. The third-order valence-electron chi connectivity index (χ3n) is 2.83. The molecule has 2 aromatic heterocycles. The highest BCUT2D eigenvalue weighted by atomic mass is 32.1.